The van der Waals surface area contributed by atoms with Gasteiger partial charge in [-0.2, -0.15) is 0 Å². The van der Waals surface area contributed by atoms with Crippen LogP contribution in [-0.4, -0.2) is 59.1 Å². The summed E-state index contributed by atoms with van der Waals surface area (Å²) < 4.78 is 29.8. The summed E-state index contributed by atoms with van der Waals surface area (Å²) in [5.41, 5.74) is -1.56. The molecule has 1 aliphatic rings. The van der Waals surface area contributed by atoms with Gasteiger partial charge in [-0.05, 0) is 12.1 Å². The van der Waals surface area contributed by atoms with E-state index in [-0.39, 0.29) is 40.2 Å². The van der Waals surface area contributed by atoms with Gasteiger partial charge >= 0.3 is 23.9 Å². The van der Waals surface area contributed by atoms with Gasteiger partial charge < -0.3 is 28.4 Å². The van der Waals surface area contributed by atoms with Crippen LogP contribution in [-0.2, 0) is 18.9 Å². The van der Waals surface area contributed by atoms with Crippen LogP contribution in [0.2, 0.25) is 0 Å². The molecule has 3 rings (SSSR count). The maximum atomic E-state index is 12.6. The van der Waals surface area contributed by atoms with Crippen molar-refractivity contribution in [3.05, 3.63) is 34.4 Å². The van der Waals surface area contributed by atoms with Crippen LogP contribution in [0.5, 0.6) is 11.5 Å². The molecule has 0 unspecified atom stereocenters. The predicted molar refractivity (Wildman–Crippen MR) is 95.4 cm³/mol. The van der Waals surface area contributed by atoms with Gasteiger partial charge in [-0.1, -0.05) is 0 Å². The molecule has 0 bridgehead atoms. The van der Waals surface area contributed by atoms with Crippen molar-refractivity contribution in [2.24, 2.45) is 0 Å². The quantitative estimate of drug-likeness (QED) is 0.549. The molecular formula is C19H16O10. The summed E-state index contributed by atoms with van der Waals surface area (Å²) in [5, 5.41) is 0.212. The lowest BCUT2D eigenvalue weighted by molar-refractivity contribution is 0.0523. The molecule has 1 heterocycles. The summed E-state index contributed by atoms with van der Waals surface area (Å²) in [6, 6.07) is 2.81. The third-order valence-electron chi connectivity index (χ3n) is 4.36. The maximum Gasteiger partial charge on any atom is 0.339 e. The van der Waals surface area contributed by atoms with Crippen LogP contribution in [0.25, 0.3) is 10.8 Å². The minimum Gasteiger partial charge on any atom is -0.465 e. The molecule has 0 saturated carbocycles. The first-order chi connectivity index (χ1) is 13.9. The van der Waals surface area contributed by atoms with Crippen LogP contribution in [0.3, 0.4) is 0 Å². The fraction of sp³-hybridized carbons (Fsp3) is 0.263. The zero-order chi connectivity index (χ0) is 21.3. The van der Waals surface area contributed by atoms with Crippen LogP contribution in [0.1, 0.15) is 41.4 Å². The summed E-state index contributed by atoms with van der Waals surface area (Å²) in [4.78, 5) is 50.4. The Morgan fingerprint density at radius 3 is 1.24 bits per heavy atom. The van der Waals surface area contributed by atoms with E-state index in [9.17, 15) is 19.2 Å². The summed E-state index contributed by atoms with van der Waals surface area (Å²) in [7, 11) is 4.33. The molecule has 0 amide bonds. The molecule has 10 heteroatoms. The highest BCUT2D eigenvalue weighted by atomic mass is 16.7. The topological polar surface area (TPSA) is 124 Å². The SMILES string of the molecule is COC(=O)c1c(C(=O)OC)c(C(=O)OC)c2cc3c(cc2c1C(=O)OC)OCO3. The largest absolute Gasteiger partial charge is 0.465 e. The molecule has 1 aliphatic heterocycles. The lowest BCUT2D eigenvalue weighted by Crippen LogP contribution is -2.23. The maximum absolute atomic E-state index is 12.6. The Kier molecular flexibility index (Phi) is 5.26. The van der Waals surface area contributed by atoms with Gasteiger partial charge in [0, 0.05) is 10.8 Å². The van der Waals surface area contributed by atoms with Gasteiger partial charge in [-0.15, -0.1) is 0 Å². The number of methoxy groups -OCH3 is 4. The Morgan fingerprint density at radius 2 is 0.931 bits per heavy atom. The molecule has 0 radical (unpaired) electrons. The lowest BCUT2D eigenvalue weighted by Gasteiger charge is -2.18. The Morgan fingerprint density at radius 1 is 0.621 bits per heavy atom. The van der Waals surface area contributed by atoms with Crippen molar-refractivity contribution in [2.75, 3.05) is 35.2 Å². The summed E-state index contributed by atoms with van der Waals surface area (Å²) in [5.74, 6) is -3.40. The highest BCUT2D eigenvalue weighted by Gasteiger charge is 2.36. The third kappa shape index (κ3) is 3.08. The Balaban J connectivity index is 2.63. The molecule has 0 atom stereocenters. The van der Waals surface area contributed by atoms with Gasteiger partial charge in [-0.3, -0.25) is 0 Å². The molecule has 10 nitrogen and oxygen atoms in total. The fourth-order valence-electron chi connectivity index (χ4n) is 3.12. The lowest BCUT2D eigenvalue weighted by atomic mass is 9.88. The first-order valence-corrected chi connectivity index (χ1v) is 8.16. The molecule has 0 aliphatic carbocycles. The second-order valence-electron chi connectivity index (χ2n) is 5.72. The molecule has 0 fully saturated rings. The average molecular weight is 404 g/mol. The third-order valence-corrected chi connectivity index (χ3v) is 4.36. The van der Waals surface area contributed by atoms with Crippen LogP contribution >= 0.6 is 0 Å². The van der Waals surface area contributed by atoms with Gasteiger partial charge in [0.2, 0.25) is 6.79 Å². The molecule has 0 spiro atoms. The molecule has 0 aromatic heterocycles. The van der Waals surface area contributed by atoms with E-state index in [1.165, 1.54) is 12.1 Å². The van der Waals surface area contributed by atoms with Crippen molar-refractivity contribution in [3.8, 4) is 11.5 Å². The van der Waals surface area contributed by atoms with Crippen molar-refractivity contribution >= 4 is 34.6 Å². The summed E-state index contributed by atoms with van der Waals surface area (Å²) >= 11 is 0. The summed E-state index contributed by atoms with van der Waals surface area (Å²) in [6.45, 7) is -0.0828. The van der Waals surface area contributed by atoms with Gasteiger partial charge in [-0.25, -0.2) is 19.2 Å². The van der Waals surface area contributed by atoms with E-state index in [4.69, 9.17) is 28.4 Å². The van der Waals surface area contributed by atoms with Crippen molar-refractivity contribution in [3.63, 3.8) is 0 Å². The van der Waals surface area contributed by atoms with Gasteiger partial charge in [0.15, 0.2) is 11.5 Å². The zero-order valence-corrected chi connectivity index (χ0v) is 15.9. The van der Waals surface area contributed by atoms with E-state index in [2.05, 4.69) is 0 Å². The monoisotopic (exact) mass is 404 g/mol. The zero-order valence-electron chi connectivity index (χ0n) is 15.9. The molecule has 29 heavy (non-hydrogen) atoms. The van der Waals surface area contributed by atoms with Crippen molar-refractivity contribution < 1.29 is 47.6 Å². The summed E-state index contributed by atoms with van der Waals surface area (Å²) in [6.07, 6.45) is 0. The standard InChI is InChI=1S/C19H16O10/c1-24-16(20)12-8-5-10-11(29-7-28-10)6-9(8)13(17(21)25-2)15(19(23)27-4)14(12)18(22)26-3/h5-6H,7H2,1-4H3. The Bertz CT molecular complexity index is 971. The molecule has 152 valence electrons. The van der Waals surface area contributed by atoms with E-state index in [0.717, 1.165) is 28.4 Å². The number of hydrogen-bond donors (Lipinski definition) is 0. The number of carbonyl (C=O) groups is 4. The number of ether oxygens (including phenoxy) is 6. The van der Waals surface area contributed by atoms with E-state index < -0.39 is 35.0 Å². The van der Waals surface area contributed by atoms with Crippen LogP contribution in [0, 0.1) is 0 Å². The van der Waals surface area contributed by atoms with Gasteiger partial charge in [0.1, 0.15) is 0 Å². The van der Waals surface area contributed by atoms with E-state index in [1.54, 1.807) is 0 Å². The number of esters is 4. The predicted octanol–water partition coefficient (Wildman–Crippen LogP) is 1.71. The van der Waals surface area contributed by atoms with Gasteiger partial charge in [0.25, 0.3) is 0 Å². The minimum atomic E-state index is -1.05. The number of rotatable bonds is 4. The first-order valence-electron chi connectivity index (χ1n) is 8.16. The molecule has 2 aromatic carbocycles. The highest BCUT2D eigenvalue weighted by molar-refractivity contribution is 6.24. The number of carbonyl (C=O) groups excluding carboxylic acids is 4. The second-order valence-corrected chi connectivity index (χ2v) is 5.72. The van der Waals surface area contributed by atoms with Crippen LogP contribution in [0.15, 0.2) is 12.1 Å². The van der Waals surface area contributed by atoms with E-state index in [1.807, 2.05) is 0 Å². The molecule has 2 aromatic rings. The molecule has 0 N–H and O–H groups in total. The van der Waals surface area contributed by atoms with E-state index in [0.29, 0.717) is 0 Å². The Labute approximate surface area is 164 Å². The van der Waals surface area contributed by atoms with Gasteiger partial charge in [0.05, 0.1) is 50.7 Å². The fourth-order valence-corrected chi connectivity index (χ4v) is 3.12. The molecular weight excluding hydrogens is 388 g/mol. The average Bonchev–Trinajstić information content (AvgIpc) is 3.21. The smallest absolute Gasteiger partial charge is 0.339 e. The number of fused-ring (bicyclic) bond motifs is 2. The van der Waals surface area contributed by atoms with Crippen molar-refractivity contribution in [1.82, 2.24) is 0 Å². The van der Waals surface area contributed by atoms with Crippen LogP contribution < -0.4 is 9.47 Å². The van der Waals surface area contributed by atoms with E-state index >= 15 is 0 Å². The minimum absolute atomic E-state index is 0.0828. The van der Waals surface area contributed by atoms with Crippen LogP contribution in [0.4, 0.5) is 0 Å². The van der Waals surface area contributed by atoms with Crippen molar-refractivity contribution in [1.29, 1.82) is 0 Å². The second kappa shape index (κ2) is 7.66. The Hall–Kier alpha value is -3.82. The highest BCUT2D eigenvalue weighted by Crippen LogP contribution is 2.41. The number of hydrogen-bond acceptors (Lipinski definition) is 10. The normalized spacial score (nSPS) is 11.7. The van der Waals surface area contributed by atoms with Crippen molar-refractivity contribution in [2.45, 2.75) is 0 Å². The number of benzene rings is 2. The molecule has 0 saturated heterocycles. The first kappa shape index (κ1) is 19.9.